The van der Waals surface area contributed by atoms with Gasteiger partial charge in [-0.15, -0.1) is 0 Å². The van der Waals surface area contributed by atoms with Crippen LogP contribution in [0.25, 0.3) is 0 Å². The Hall–Kier alpha value is -1.32. The summed E-state index contributed by atoms with van der Waals surface area (Å²) >= 11 is 0. The highest BCUT2D eigenvalue weighted by molar-refractivity contribution is 7.59. The van der Waals surface area contributed by atoms with Crippen molar-refractivity contribution in [2.24, 2.45) is 0 Å². The molecule has 0 aliphatic heterocycles. The summed E-state index contributed by atoms with van der Waals surface area (Å²) in [5.41, 5.74) is 0. The second kappa shape index (κ2) is 7.30. The lowest BCUT2D eigenvalue weighted by molar-refractivity contribution is -0.149. The van der Waals surface area contributed by atoms with Crippen molar-refractivity contribution in [1.82, 2.24) is 5.09 Å². The topological polar surface area (TPSA) is 64.6 Å². The van der Waals surface area contributed by atoms with E-state index in [2.05, 4.69) is 5.09 Å². The number of esters is 1. The molecular formula is C16H26NO4P. The molecule has 2 atom stereocenters. The van der Waals surface area contributed by atoms with Crippen LogP contribution in [0.5, 0.6) is 5.75 Å². The van der Waals surface area contributed by atoms with Crippen LogP contribution in [-0.2, 0) is 14.1 Å². The Morgan fingerprint density at radius 3 is 2.14 bits per heavy atom. The van der Waals surface area contributed by atoms with Gasteiger partial charge in [0.15, 0.2) is 0 Å². The maximum Gasteiger partial charge on any atom is 0.323 e. The van der Waals surface area contributed by atoms with Crippen LogP contribution in [0.1, 0.15) is 41.5 Å². The van der Waals surface area contributed by atoms with Gasteiger partial charge in [0.1, 0.15) is 11.8 Å². The van der Waals surface area contributed by atoms with Crippen molar-refractivity contribution in [2.45, 2.75) is 58.8 Å². The van der Waals surface area contributed by atoms with Gasteiger partial charge in [-0.25, -0.2) is 5.09 Å². The Balaban J connectivity index is 2.94. The van der Waals surface area contributed by atoms with E-state index in [0.717, 1.165) is 0 Å². The van der Waals surface area contributed by atoms with Crippen molar-refractivity contribution >= 4 is 13.5 Å². The van der Waals surface area contributed by atoms with Crippen molar-refractivity contribution in [3.63, 3.8) is 0 Å². The normalized spacial score (nSPS) is 16.0. The second-order valence-corrected chi connectivity index (χ2v) is 9.35. The van der Waals surface area contributed by atoms with Gasteiger partial charge >= 0.3 is 13.5 Å². The molecule has 0 bridgehead atoms. The molecule has 124 valence electrons. The second-order valence-electron chi connectivity index (χ2n) is 6.46. The minimum absolute atomic E-state index is 0.221. The summed E-state index contributed by atoms with van der Waals surface area (Å²) in [6, 6.07) is 8.20. The van der Waals surface area contributed by atoms with E-state index >= 15 is 0 Å². The third kappa shape index (κ3) is 5.15. The number of nitrogens with one attached hydrogen (secondary N) is 1. The lowest BCUT2D eigenvalue weighted by Crippen LogP contribution is -2.40. The van der Waals surface area contributed by atoms with Crippen molar-refractivity contribution in [2.75, 3.05) is 0 Å². The van der Waals surface area contributed by atoms with Gasteiger partial charge in [-0.1, -0.05) is 18.2 Å². The standard InChI is InChI=1S/C16H26NO4P/c1-12(2)20-15(18)13(3)17-22(19,16(4,5)6)21-14-10-8-7-9-11-14/h7-13H,1-6H3,(H,17,19)/t13-,22?/m1/s1. The molecule has 1 N–H and O–H groups in total. The zero-order valence-electron chi connectivity index (χ0n) is 14.1. The largest absolute Gasteiger partial charge is 0.462 e. The van der Waals surface area contributed by atoms with Crippen molar-refractivity contribution in [3.05, 3.63) is 30.3 Å². The number of carbonyl (C=O) groups is 1. The zero-order chi connectivity index (χ0) is 17.0. The molecule has 6 heteroatoms. The predicted octanol–water partition coefficient (Wildman–Crippen LogP) is 3.99. The first-order valence-corrected chi connectivity index (χ1v) is 9.01. The highest BCUT2D eigenvalue weighted by Gasteiger charge is 2.42. The molecule has 0 heterocycles. The van der Waals surface area contributed by atoms with Crippen molar-refractivity contribution in [1.29, 1.82) is 0 Å². The van der Waals surface area contributed by atoms with E-state index in [4.69, 9.17) is 9.26 Å². The Labute approximate surface area is 132 Å². The zero-order valence-corrected chi connectivity index (χ0v) is 15.0. The average molecular weight is 327 g/mol. The van der Waals surface area contributed by atoms with E-state index in [-0.39, 0.29) is 6.10 Å². The fourth-order valence-corrected chi connectivity index (χ4v) is 3.38. The summed E-state index contributed by atoms with van der Waals surface area (Å²) in [4.78, 5) is 11.9. The smallest absolute Gasteiger partial charge is 0.323 e. The molecule has 0 saturated carbocycles. The summed E-state index contributed by atoms with van der Waals surface area (Å²) < 4.78 is 24.1. The molecule has 0 saturated heterocycles. The molecule has 0 aliphatic carbocycles. The highest BCUT2D eigenvalue weighted by atomic mass is 31.2. The molecular weight excluding hydrogens is 301 g/mol. The average Bonchev–Trinajstić information content (AvgIpc) is 2.37. The highest BCUT2D eigenvalue weighted by Crippen LogP contribution is 2.55. The SMILES string of the molecule is CC(C)OC(=O)[C@@H](C)NP(=O)(Oc1ccccc1)C(C)(C)C. The molecule has 1 aromatic carbocycles. The van der Waals surface area contributed by atoms with Crippen LogP contribution >= 0.6 is 7.52 Å². The third-order valence-electron chi connectivity index (χ3n) is 2.93. The molecule has 1 aromatic rings. The van der Waals surface area contributed by atoms with Crippen LogP contribution in [0.4, 0.5) is 0 Å². The van der Waals surface area contributed by atoms with E-state index in [0.29, 0.717) is 5.75 Å². The maximum atomic E-state index is 13.3. The van der Waals surface area contributed by atoms with Gasteiger partial charge in [0.25, 0.3) is 0 Å². The summed E-state index contributed by atoms with van der Waals surface area (Å²) in [6.07, 6.45) is -0.221. The first-order valence-electron chi connectivity index (χ1n) is 7.38. The predicted molar refractivity (Wildman–Crippen MR) is 88.3 cm³/mol. The van der Waals surface area contributed by atoms with Gasteiger partial charge in [0.2, 0.25) is 0 Å². The number of ether oxygens (including phenoxy) is 1. The number of para-hydroxylation sites is 1. The number of rotatable bonds is 6. The third-order valence-corrected chi connectivity index (χ3v) is 5.89. The monoisotopic (exact) mass is 327 g/mol. The van der Waals surface area contributed by atoms with Crippen LogP contribution < -0.4 is 9.61 Å². The molecule has 22 heavy (non-hydrogen) atoms. The summed E-state index contributed by atoms with van der Waals surface area (Å²) in [6.45, 7) is 10.6. The first-order chi connectivity index (χ1) is 10.0. The minimum Gasteiger partial charge on any atom is -0.462 e. The molecule has 0 spiro atoms. The summed E-state index contributed by atoms with van der Waals surface area (Å²) in [5, 5.41) is 2.17. The van der Waals surface area contributed by atoms with E-state index in [1.807, 2.05) is 26.8 Å². The molecule has 0 aromatic heterocycles. The minimum atomic E-state index is -3.33. The fraction of sp³-hybridized carbons (Fsp3) is 0.562. The number of carbonyl (C=O) groups excluding carboxylic acids is 1. The Bertz CT molecular complexity index is 537. The molecule has 0 fully saturated rings. The molecule has 0 aliphatic rings. The van der Waals surface area contributed by atoms with E-state index < -0.39 is 24.7 Å². The molecule has 1 rings (SSSR count). The molecule has 5 nitrogen and oxygen atoms in total. The summed E-state index contributed by atoms with van der Waals surface area (Å²) in [5.74, 6) is 0.0498. The summed E-state index contributed by atoms with van der Waals surface area (Å²) in [7, 11) is -3.33. The Morgan fingerprint density at radius 2 is 1.68 bits per heavy atom. The number of hydrogen-bond donors (Lipinski definition) is 1. The fourth-order valence-electron chi connectivity index (χ4n) is 1.63. The quantitative estimate of drug-likeness (QED) is 0.632. The van der Waals surface area contributed by atoms with Crippen molar-refractivity contribution in [3.8, 4) is 5.75 Å². The maximum absolute atomic E-state index is 13.3. The number of hydrogen-bond acceptors (Lipinski definition) is 4. The molecule has 0 amide bonds. The first kappa shape index (κ1) is 18.7. The van der Waals surface area contributed by atoms with Gasteiger partial charge < -0.3 is 9.26 Å². The van der Waals surface area contributed by atoms with E-state index in [1.54, 1.807) is 45.0 Å². The number of benzene rings is 1. The van der Waals surface area contributed by atoms with Crippen LogP contribution in [0.2, 0.25) is 0 Å². The van der Waals surface area contributed by atoms with Crippen molar-refractivity contribution < 1.29 is 18.6 Å². The lowest BCUT2D eigenvalue weighted by Gasteiger charge is -2.33. The van der Waals surface area contributed by atoms with Crippen LogP contribution in [0, 0.1) is 0 Å². The molecule has 1 unspecified atom stereocenters. The van der Waals surface area contributed by atoms with Gasteiger partial charge in [-0.2, -0.15) is 0 Å². The van der Waals surface area contributed by atoms with Gasteiger partial charge in [-0.3, -0.25) is 9.36 Å². The van der Waals surface area contributed by atoms with Crippen LogP contribution in [0.3, 0.4) is 0 Å². The van der Waals surface area contributed by atoms with Gasteiger partial charge in [0, 0.05) is 0 Å². The Kier molecular flexibility index (Phi) is 6.21. The van der Waals surface area contributed by atoms with E-state index in [1.165, 1.54) is 0 Å². The van der Waals surface area contributed by atoms with Crippen LogP contribution in [0.15, 0.2) is 30.3 Å². The Morgan fingerprint density at radius 1 is 1.14 bits per heavy atom. The van der Waals surface area contributed by atoms with E-state index in [9.17, 15) is 9.36 Å². The van der Waals surface area contributed by atoms with Gasteiger partial charge in [0.05, 0.1) is 11.3 Å². The molecule has 0 radical (unpaired) electrons. The lowest BCUT2D eigenvalue weighted by atomic mass is 10.3. The van der Waals surface area contributed by atoms with Gasteiger partial charge in [-0.05, 0) is 53.7 Å². The van der Waals surface area contributed by atoms with Crippen LogP contribution in [-0.4, -0.2) is 23.3 Å².